The number of amides is 2. The predicted octanol–water partition coefficient (Wildman–Crippen LogP) is 6.65. The van der Waals surface area contributed by atoms with Gasteiger partial charge in [0.25, 0.3) is 0 Å². The first-order valence-electron chi connectivity index (χ1n) is 16.5. The normalized spacial score (nSPS) is 36.8. The van der Waals surface area contributed by atoms with Gasteiger partial charge in [-0.2, -0.15) is 0 Å². The van der Waals surface area contributed by atoms with E-state index >= 15 is 0 Å². The molecule has 0 bridgehead atoms. The summed E-state index contributed by atoms with van der Waals surface area (Å²) >= 11 is 0. The van der Waals surface area contributed by atoms with Gasteiger partial charge < -0.3 is 15.7 Å². The van der Waals surface area contributed by atoms with E-state index in [1.165, 1.54) is 44.9 Å². The molecule has 0 spiro atoms. The van der Waals surface area contributed by atoms with Crippen LogP contribution in [0.15, 0.2) is 17.3 Å². The number of aliphatic hydroxyl groups is 1. The molecule has 10 atom stereocenters. The Bertz CT molecular complexity index is 1080. The van der Waals surface area contributed by atoms with Crippen molar-refractivity contribution in [3.63, 3.8) is 0 Å². The Kier molecular flexibility index (Phi) is 11.1. The number of rotatable bonds is 12. The molecule has 4 aliphatic rings. The van der Waals surface area contributed by atoms with Gasteiger partial charge in [-0.15, -0.1) is 12.3 Å². The second-order valence-electron chi connectivity index (χ2n) is 14.4. The molecule has 0 aromatic heterocycles. The molecule has 3 N–H and O–H groups in total. The van der Waals surface area contributed by atoms with Crippen molar-refractivity contribution in [3.8, 4) is 12.3 Å². The fourth-order valence-electron chi connectivity index (χ4n) is 10.1. The van der Waals surface area contributed by atoms with Gasteiger partial charge in [0.2, 0.25) is 11.8 Å². The molecule has 232 valence electrons. The Balaban J connectivity index is 1.25. The smallest absolute Gasteiger partial charge is 0.245 e. The Hall–Kier alpha value is -2.49. The van der Waals surface area contributed by atoms with Crippen molar-refractivity contribution in [2.75, 3.05) is 6.54 Å². The Labute approximate surface area is 252 Å². The average molecular weight is 580 g/mol. The molecule has 0 heterocycles. The van der Waals surface area contributed by atoms with Crippen LogP contribution >= 0.6 is 0 Å². The number of hydrogen-bond acceptors (Lipinski definition) is 4. The standard InChI is InChI=1S/C34H53N5O3/c1-5-9-30(38-32(42)12-8-21-36-39-35)37-31(41)11-7-6-10-23(2)27-15-16-28-26-14-13-24-22-25(40)17-19-33(24,3)29(26)18-20-34(27,28)4/h1,7,11,23-30,40H,6,8-10,12-22H2,2-4H3,(H,37,41)(H,38,42)/b11-7+. The largest absolute Gasteiger partial charge is 0.393 e. The van der Waals surface area contributed by atoms with Crippen LogP contribution in [0.2, 0.25) is 0 Å². The van der Waals surface area contributed by atoms with Crippen molar-refractivity contribution in [2.24, 2.45) is 51.5 Å². The van der Waals surface area contributed by atoms with Crippen molar-refractivity contribution in [3.05, 3.63) is 22.6 Å². The van der Waals surface area contributed by atoms with Crippen LogP contribution in [0.4, 0.5) is 0 Å². The maximum Gasteiger partial charge on any atom is 0.245 e. The van der Waals surface area contributed by atoms with Crippen LogP contribution in [-0.2, 0) is 9.59 Å². The van der Waals surface area contributed by atoms with Crippen molar-refractivity contribution in [1.82, 2.24) is 10.6 Å². The monoisotopic (exact) mass is 579 g/mol. The first kappa shape index (κ1) is 32.4. The van der Waals surface area contributed by atoms with E-state index in [1.54, 1.807) is 6.08 Å². The third-order valence-electron chi connectivity index (χ3n) is 12.2. The van der Waals surface area contributed by atoms with Crippen LogP contribution in [0.1, 0.15) is 111 Å². The molecule has 8 nitrogen and oxygen atoms in total. The molecule has 0 saturated heterocycles. The van der Waals surface area contributed by atoms with Crippen LogP contribution in [0.5, 0.6) is 0 Å². The molecule has 0 aromatic carbocycles. The molecular weight excluding hydrogens is 526 g/mol. The number of aliphatic hydroxyl groups excluding tert-OH is 1. The number of azide groups is 1. The molecule has 4 aliphatic carbocycles. The molecular formula is C34H53N5O3. The second-order valence-corrected chi connectivity index (χ2v) is 14.4. The third-order valence-corrected chi connectivity index (χ3v) is 12.2. The Morgan fingerprint density at radius 1 is 1.12 bits per heavy atom. The van der Waals surface area contributed by atoms with Crippen molar-refractivity contribution in [2.45, 2.75) is 123 Å². The molecule has 4 rings (SSSR count). The molecule has 42 heavy (non-hydrogen) atoms. The number of fused-ring (bicyclic) bond motifs is 5. The summed E-state index contributed by atoms with van der Waals surface area (Å²) in [6.45, 7) is 7.84. The van der Waals surface area contributed by atoms with E-state index in [0.29, 0.717) is 29.1 Å². The average Bonchev–Trinajstić information content (AvgIpc) is 3.31. The first-order valence-corrected chi connectivity index (χ1v) is 16.5. The minimum atomic E-state index is -0.625. The zero-order chi connectivity index (χ0) is 30.3. The zero-order valence-electron chi connectivity index (χ0n) is 26.1. The summed E-state index contributed by atoms with van der Waals surface area (Å²) in [5.74, 6) is 6.57. The van der Waals surface area contributed by atoms with Crippen LogP contribution < -0.4 is 10.6 Å². The van der Waals surface area contributed by atoms with Gasteiger partial charge in [-0.05, 0) is 135 Å². The maximum absolute atomic E-state index is 12.5. The van der Waals surface area contributed by atoms with E-state index in [9.17, 15) is 14.7 Å². The molecule has 0 aromatic rings. The van der Waals surface area contributed by atoms with Gasteiger partial charge in [0.15, 0.2) is 0 Å². The number of carbonyl (C=O) groups excluding carboxylic acids is 2. The van der Waals surface area contributed by atoms with Gasteiger partial charge in [-0.3, -0.25) is 9.59 Å². The zero-order valence-corrected chi connectivity index (χ0v) is 26.1. The number of carbonyl (C=O) groups is 2. The van der Waals surface area contributed by atoms with E-state index in [4.69, 9.17) is 12.0 Å². The highest BCUT2D eigenvalue weighted by Crippen LogP contribution is 2.68. The summed E-state index contributed by atoms with van der Waals surface area (Å²) in [6, 6.07) is 0. The Morgan fingerprint density at radius 3 is 2.64 bits per heavy atom. The Morgan fingerprint density at radius 2 is 1.88 bits per heavy atom. The minimum Gasteiger partial charge on any atom is -0.393 e. The van der Waals surface area contributed by atoms with Gasteiger partial charge in [-0.25, -0.2) is 0 Å². The summed E-state index contributed by atoms with van der Waals surface area (Å²) in [7, 11) is 0. The molecule has 0 radical (unpaired) electrons. The summed E-state index contributed by atoms with van der Waals surface area (Å²) in [5.41, 5.74) is 9.18. The third kappa shape index (κ3) is 7.17. The van der Waals surface area contributed by atoms with Gasteiger partial charge >= 0.3 is 0 Å². The summed E-state index contributed by atoms with van der Waals surface area (Å²) in [6.07, 6.45) is 22.3. The number of nitrogens with one attached hydrogen (secondary N) is 2. The summed E-state index contributed by atoms with van der Waals surface area (Å²) < 4.78 is 0. The molecule has 8 heteroatoms. The number of terminal acetylenes is 1. The summed E-state index contributed by atoms with van der Waals surface area (Å²) in [4.78, 5) is 27.4. The van der Waals surface area contributed by atoms with Gasteiger partial charge in [0.05, 0.1) is 6.10 Å². The molecule has 0 aliphatic heterocycles. The number of nitrogens with zero attached hydrogens (tertiary/aromatic N) is 3. The van der Waals surface area contributed by atoms with E-state index in [0.717, 1.165) is 49.4 Å². The highest BCUT2D eigenvalue weighted by molar-refractivity contribution is 5.88. The molecule has 4 fully saturated rings. The number of allylic oxidation sites excluding steroid dienone is 1. The van der Waals surface area contributed by atoms with Gasteiger partial charge in [-0.1, -0.05) is 32.0 Å². The fraction of sp³-hybridized carbons (Fsp3) is 0.824. The molecule has 4 saturated carbocycles. The summed E-state index contributed by atoms with van der Waals surface area (Å²) in [5, 5.41) is 19.3. The topological polar surface area (TPSA) is 127 Å². The fourth-order valence-corrected chi connectivity index (χ4v) is 10.1. The maximum atomic E-state index is 12.5. The molecule has 2 amide bonds. The lowest BCUT2D eigenvalue weighted by Crippen LogP contribution is -2.54. The minimum absolute atomic E-state index is 0.0807. The van der Waals surface area contributed by atoms with E-state index in [2.05, 4.69) is 47.4 Å². The lowest BCUT2D eigenvalue weighted by Gasteiger charge is -2.61. The highest BCUT2D eigenvalue weighted by Gasteiger charge is 2.60. The highest BCUT2D eigenvalue weighted by atomic mass is 16.3. The lowest BCUT2D eigenvalue weighted by molar-refractivity contribution is -0.129. The van der Waals surface area contributed by atoms with Crippen LogP contribution in [0.25, 0.3) is 10.4 Å². The first-order chi connectivity index (χ1) is 20.1. The van der Waals surface area contributed by atoms with E-state index in [-0.39, 0.29) is 37.3 Å². The van der Waals surface area contributed by atoms with Crippen molar-refractivity contribution >= 4 is 11.8 Å². The van der Waals surface area contributed by atoms with E-state index < -0.39 is 6.17 Å². The lowest BCUT2D eigenvalue weighted by atomic mass is 9.44. The van der Waals surface area contributed by atoms with Crippen LogP contribution in [0.3, 0.4) is 0 Å². The van der Waals surface area contributed by atoms with E-state index in [1.807, 2.05) is 6.08 Å². The quantitative estimate of drug-likeness (QED) is 0.0455. The van der Waals surface area contributed by atoms with Crippen molar-refractivity contribution < 1.29 is 14.7 Å². The van der Waals surface area contributed by atoms with Gasteiger partial charge in [0.1, 0.15) is 6.17 Å². The number of hydrogen-bond donors (Lipinski definition) is 3. The van der Waals surface area contributed by atoms with Gasteiger partial charge in [0, 0.05) is 24.3 Å². The predicted molar refractivity (Wildman–Crippen MR) is 166 cm³/mol. The second kappa shape index (κ2) is 14.3. The SMILES string of the molecule is C#CCC(NC(=O)/C=C/CCC(C)C1CCC2C3CCC4CC(O)CCC4(C)C3CCC12C)NC(=O)CCCN=[N+]=[N-]. The van der Waals surface area contributed by atoms with Crippen LogP contribution in [-0.4, -0.2) is 35.7 Å². The molecule has 10 unspecified atom stereocenters. The van der Waals surface area contributed by atoms with Crippen molar-refractivity contribution in [1.29, 1.82) is 0 Å². The van der Waals surface area contributed by atoms with Crippen LogP contribution in [0, 0.1) is 58.7 Å².